The van der Waals surface area contributed by atoms with Gasteiger partial charge in [-0.3, -0.25) is 4.79 Å². The molecule has 0 unspecified atom stereocenters. The van der Waals surface area contributed by atoms with E-state index in [-0.39, 0.29) is 5.69 Å². The zero-order valence-electron chi connectivity index (χ0n) is 9.67. The number of hydrogen-bond acceptors (Lipinski definition) is 8. The molecule has 2 aromatic rings. The summed E-state index contributed by atoms with van der Waals surface area (Å²) in [6.07, 6.45) is 1.82. The predicted molar refractivity (Wildman–Crippen MR) is 70.3 cm³/mol. The Kier molecular flexibility index (Phi) is 3.72. The van der Waals surface area contributed by atoms with Crippen molar-refractivity contribution in [2.24, 2.45) is 5.73 Å². The molecule has 0 bridgehead atoms. The molecule has 0 aliphatic carbocycles. The summed E-state index contributed by atoms with van der Waals surface area (Å²) >= 11 is 2.60. The molecule has 94 valence electrons. The van der Waals surface area contributed by atoms with E-state index >= 15 is 0 Å². The Labute approximate surface area is 111 Å². The number of nitrogens with one attached hydrogen (secondary N) is 1. The number of anilines is 2. The van der Waals surface area contributed by atoms with E-state index < -0.39 is 5.91 Å². The molecule has 1 amide bonds. The highest BCUT2D eigenvalue weighted by atomic mass is 32.2. The van der Waals surface area contributed by atoms with Gasteiger partial charge in [0.1, 0.15) is 5.00 Å². The van der Waals surface area contributed by atoms with Gasteiger partial charge < -0.3 is 11.1 Å². The van der Waals surface area contributed by atoms with E-state index in [0.717, 1.165) is 10.7 Å². The van der Waals surface area contributed by atoms with Gasteiger partial charge in [0, 0.05) is 0 Å². The number of carbonyl (C=O) groups is 1. The largest absolute Gasteiger partial charge is 0.364 e. The molecule has 0 aliphatic heterocycles. The van der Waals surface area contributed by atoms with Crippen LogP contribution in [0.5, 0.6) is 0 Å². The van der Waals surface area contributed by atoms with Crippen molar-refractivity contribution in [1.29, 1.82) is 0 Å². The maximum absolute atomic E-state index is 11.2. The van der Waals surface area contributed by atoms with Crippen molar-refractivity contribution in [3.8, 4) is 0 Å². The molecule has 0 aliphatic rings. The van der Waals surface area contributed by atoms with Crippen molar-refractivity contribution in [2.45, 2.75) is 12.1 Å². The van der Waals surface area contributed by atoms with Crippen LogP contribution in [0.25, 0.3) is 0 Å². The first-order chi connectivity index (χ1) is 8.60. The molecule has 0 saturated carbocycles. The lowest BCUT2D eigenvalue weighted by Crippen LogP contribution is -2.17. The zero-order valence-corrected chi connectivity index (χ0v) is 11.3. The van der Waals surface area contributed by atoms with E-state index in [1.54, 1.807) is 0 Å². The van der Waals surface area contributed by atoms with Crippen LogP contribution in [0, 0.1) is 6.92 Å². The Hall–Kier alpha value is -1.74. The Balaban J connectivity index is 2.37. The van der Waals surface area contributed by atoms with Gasteiger partial charge in [-0.1, -0.05) is 11.8 Å². The number of hydrogen-bond donors (Lipinski definition) is 2. The van der Waals surface area contributed by atoms with Gasteiger partial charge in [-0.05, 0) is 30.8 Å². The predicted octanol–water partition coefficient (Wildman–Crippen LogP) is 1.20. The first-order valence-corrected chi connectivity index (χ1v) is 6.89. The SMILES string of the molecule is CSc1nnc(C(N)=O)c(Nc2cc(C)ns2)n1. The highest BCUT2D eigenvalue weighted by Gasteiger charge is 2.15. The van der Waals surface area contributed by atoms with Crippen molar-refractivity contribution < 1.29 is 4.79 Å². The molecule has 9 heteroatoms. The lowest BCUT2D eigenvalue weighted by atomic mass is 10.4. The fraction of sp³-hybridized carbons (Fsp3) is 0.222. The van der Waals surface area contributed by atoms with E-state index in [1.165, 1.54) is 23.3 Å². The van der Waals surface area contributed by atoms with Crippen LogP contribution in [0.2, 0.25) is 0 Å². The van der Waals surface area contributed by atoms with E-state index in [2.05, 4.69) is 24.9 Å². The number of nitrogens with two attached hydrogens (primary N) is 1. The lowest BCUT2D eigenvalue weighted by Gasteiger charge is -2.05. The van der Waals surface area contributed by atoms with E-state index in [4.69, 9.17) is 5.73 Å². The summed E-state index contributed by atoms with van der Waals surface area (Å²) in [6, 6.07) is 1.84. The fourth-order valence-electron chi connectivity index (χ4n) is 1.19. The summed E-state index contributed by atoms with van der Waals surface area (Å²) < 4.78 is 4.12. The normalized spacial score (nSPS) is 10.3. The van der Waals surface area contributed by atoms with Crippen LogP contribution >= 0.6 is 23.3 Å². The van der Waals surface area contributed by atoms with Gasteiger partial charge in [-0.15, -0.1) is 10.2 Å². The maximum atomic E-state index is 11.2. The third-order valence-electron chi connectivity index (χ3n) is 1.95. The third-order valence-corrected chi connectivity index (χ3v) is 3.29. The van der Waals surface area contributed by atoms with Crippen molar-refractivity contribution in [2.75, 3.05) is 11.6 Å². The standard InChI is InChI=1S/C9H10N6OS2/c1-4-3-5(18-15-4)11-8-6(7(10)16)13-14-9(12-8)17-2/h3H,1-2H3,(H2,10,16)(H,11,12,14). The molecule has 0 spiro atoms. The van der Waals surface area contributed by atoms with Crippen LogP contribution in [-0.4, -0.2) is 31.7 Å². The molecule has 0 atom stereocenters. The van der Waals surface area contributed by atoms with E-state index in [0.29, 0.717) is 11.0 Å². The Morgan fingerprint density at radius 2 is 2.28 bits per heavy atom. The number of amides is 1. The lowest BCUT2D eigenvalue weighted by molar-refractivity contribution is 0.0995. The Bertz CT molecular complexity index is 584. The molecule has 0 fully saturated rings. The van der Waals surface area contributed by atoms with Gasteiger partial charge in [-0.2, -0.15) is 4.37 Å². The van der Waals surface area contributed by atoms with Gasteiger partial charge in [0.05, 0.1) is 5.69 Å². The zero-order chi connectivity index (χ0) is 13.1. The first-order valence-electron chi connectivity index (χ1n) is 4.89. The second-order valence-corrected chi connectivity index (χ2v) is 4.90. The molecule has 0 aromatic carbocycles. The Morgan fingerprint density at radius 1 is 1.50 bits per heavy atom. The summed E-state index contributed by atoms with van der Waals surface area (Å²) in [5, 5.41) is 11.7. The number of primary amides is 1. The number of carbonyl (C=O) groups excluding carboxylic acids is 1. The number of thioether (sulfide) groups is 1. The smallest absolute Gasteiger partial charge is 0.273 e. The van der Waals surface area contributed by atoms with Crippen molar-refractivity contribution in [1.82, 2.24) is 19.6 Å². The monoisotopic (exact) mass is 282 g/mol. The topological polar surface area (TPSA) is 107 Å². The third kappa shape index (κ3) is 2.74. The quantitative estimate of drug-likeness (QED) is 0.811. The second kappa shape index (κ2) is 5.27. The van der Waals surface area contributed by atoms with Crippen LogP contribution in [0.15, 0.2) is 11.2 Å². The van der Waals surface area contributed by atoms with Crippen LogP contribution in [0.1, 0.15) is 16.2 Å². The Morgan fingerprint density at radius 3 is 2.83 bits per heavy atom. The molecule has 0 saturated heterocycles. The van der Waals surface area contributed by atoms with Crippen LogP contribution in [0.4, 0.5) is 10.8 Å². The van der Waals surface area contributed by atoms with Crippen molar-refractivity contribution >= 4 is 40.0 Å². The minimum Gasteiger partial charge on any atom is -0.364 e. The van der Waals surface area contributed by atoms with E-state index in [9.17, 15) is 4.79 Å². The molecule has 7 nitrogen and oxygen atoms in total. The van der Waals surface area contributed by atoms with Gasteiger partial charge in [0.25, 0.3) is 5.91 Å². The molecular formula is C9H10N6OS2. The van der Waals surface area contributed by atoms with Gasteiger partial charge >= 0.3 is 0 Å². The van der Waals surface area contributed by atoms with Gasteiger partial charge in [-0.25, -0.2) is 4.98 Å². The molecule has 2 aromatic heterocycles. The molecule has 18 heavy (non-hydrogen) atoms. The summed E-state index contributed by atoms with van der Waals surface area (Å²) in [4.78, 5) is 15.4. The summed E-state index contributed by atoms with van der Waals surface area (Å²) in [5.41, 5.74) is 6.12. The van der Waals surface area contributed by atoms with Crippen molar-refractivity contribution in [3.63, 3.8) is 0 Å². The summed E-state index contributed by atoms with van der Waals surface area (Å²) in [5.74, 6) is -0.378. The minimum absolute atomic E-state index is 0.0128. The fourth-order valence-corrected chi connectivity index (χ4v) is 2.16. The molecular weight excluding hydrogens is 272 g/mol. The number of nitrogens with zero attached hydrogens (tertiary/aromatic N) is 4. The molecule has 3 N–H and O–H groups in total. The average molecular weight is 282 g/mol. The number of rotatable bonds is 4. The molecule has 2 heterocycles. The summed E-state index contributed by atoms with van der Waals surface area (Å²) in [7, 11) is 0. The summed E-state index contributed by atoms with van der Waals surface area (Å²) in [6.45, 7) is 1.88. The number of aromatic nitrogens is 4. The highest BCUT2D eigenvalue weighted by molar-refractivity contribution is 7.98. The van der Waals surface area contributed by atoms with Gasteiger partial charge in [0.15, 0.2) is 11.5 Å². The second-order valence-electron chi connectivity index (χ2n) is 3.32. The molecule has 0 radical (unpaired) electrons. The van der Waals surface area contributed by atoms with Crippen LogP contribution in [-0.2, 0) is 0 Å². The minimum atomic E-state index is -0.675. The maximum Gasteiger partial charge on any atom is 0.273 e. The first kappa shape index (κ1) is 12.7. The van der Waals surface area contributed by atoms with Gasteiger partial charge in [0.2, 0.25) is 5.16 Å². The van der Waals surface area contributed by atoms with Crippen LogP contribution < -0.4 is 11.1 Å². The van der Waals surface area contributed by atoms with Crippen LogP contribution in [0.3, 0.4) is 0 Å². The van der Waals surface area contributed by atoms with Crippen molar-refractivity contribution in [3.05, 3.63) is 17.5 Å². The van der Waals surface area contributed by atoms with E-state index in [1.807, 2.05) is 19.2 Å². The number of aryl methyl sites for hydroxylation is 1. The average Bonchev–Trinajstić information content (AvgIpc) is 2.74. The highest BCUT2D eigenvalue weighted by Crippen LogP contribution is 2.22. The molecule has 2 rings (SSSR count).